The molecule has 14 heteroatoms. The Morgan fingerprint density at radius 2 is 1.60 bits per heavy atom. The van der Waals surface area contributed by atoms with Crippen LogP contribution in [0.2, 0.25) is 0 Å². The molecule has 0 aromatic rings. The van der Waals surface area contributed by atoms with Crippen LogP contribution >= 0.6 is 0 Å². The molecule has 4 atom stereocenters. The van der Waals surface area contributed by atoms with E-state index in [-0.39, 0.29) is 32.2 Å². The molecule has 35 heavy (non-hydrogen) atoms. The van der Waals surface area contributed by atoms with Gasteiger partial charge in [0, 0.05) is 19.4 Å². The van der Waals surface area contributed by atoms with E-state index in [4.69, 9.17) is 22.3 Å². The Morgan fingerprint density at radius 1 is 0.943 bits per heavy atom. The second kappa shape index (κ2) is 14.9. The summed E-state index contributed by atoms with van der Waals surface area (Å²) in [6.07, 6.45) is 1.26. The molecular weight excluding hydrogens is 464 g/mol. The van der Waals surface area contributed by atoms with Crippen molar-refractivity contribution in [3.8, 4) is 0 Å². The first-order valence-electron chi connectivity index (χ1n) is 11.6. The van der Waals surface area contributed by atoms with Crippen LogP contribution in [0.15, 0.2) is 0 Å². The van der Waals surface area contributed by atoms with Crippen LogP contribution in [0.3, 0.4) is 0 Å². The number of nitrogens with zero attached hydrogens (tertiary/aromatic N) is 1. The average molecular weight is 501 g/mol. The molecule has 0 aliphatic carbocycles. The van der Waals surface area contributed by atoms with Gasteiger partial charge >= 0.3 is 11.9 Å². The van der Waals surface area contributed by atoms with Crippen LogP contribution in [0.25, 0.3) is 0 Å². The lowest BCUT2D eigenvalue weighted by Crippen LogP contribution is -2.56. The summed E-state index contributed by atoms with van der Waals surface area (Å²) in [5.74, 6) is -5.24. The molecule has 1 aliphatic rings. The number of likely N-dealkylation sites (tertiary alicyclic amines) is 1. The monoisotopic (exact) mass is 500 g/mol. The van der Waals surface area contributed by atoms with Gasteiger partial charge in [-0.25, -0.2) is 4.79 Å². The molecule has 14 nitrogen and oxygen atoms in total. The maximum absolute atomic E-state index is 13.3. The Hall–Kier alpha value is -3.26. The number of carbonyl (C=O) groups excluding carboxylic acids is 4. The van der Waals surface area contributed by atoms with Gasteiger partial charge in [-0.2, -0.15) is 0 Å². The van der Waals surface area contributed by atoms with Gasteiger partial charge in [0.05, 0.1) is 6.04 Å². The van der Waals surface area contributed by atoms with Gasteiger partial charge in [0.2, 0.25) is 23.6 Å². The zero-order valence-electron chi connectivity index (χ0n) is 19.6. The Kier molecular flexibility index (Phi) is 12.7. The lowest BCUT2D eigenvalue weighted by Gasteiger charge is -2.30. The summed E-state index contributed by atoms with van der Waals surface area (Å²) in [4.78, 5) is 73.3. The highest BCUT2D eigenvalue weighted by Crippen LogP contribution is 2.20. The number of carboxylic acids is 2. The lowest BCUT2D eigenvalue weighted by atomic mass is 10.1. The van der Waals surface area contributed by atoms with Crippen molar-refractivity contribution >= 4 is 35.6 Å². The van der Waals surface area contributed by atoms with Crippen molar-refractivity contribution in [2.75, 3.05) is 13.1 Å². The summed E-state index contributed by atoms with van der Waals surface area (Å²) in [7, 11) is 0. The van der Waals surface area contributed by atoms with Crippen molar-refractivity contribution in [1.29, 1.82) is 0 Å². The second-order valence-electron chi connectivity index (χ2n) is 8.48. The Morgan fingerprint density at radius 3 is 2.17 bits per heavy atom. The zero-order valence-corrected chi connectivity index (χ0v) is 19.6. The Bertz CT molecular complexity index is 792. The van der Waals surface area contributed by atoms with Gasteiger partial charge in [0.15, 0.2) is 0 Å². The summed E-state index contributed by atoms with van der Waals surface area (Å²) in [6.45, 7) is 0.626. The molecule has 1 saturated heterocycles. The summed E-state index contributed by atoms with van der Waals surface area (Å²) >= 11 is 0. The van der Waals surface area contributed by atoms with Gasteiger partial charge in [-0.1, -0.05) is 6.42 Å². The SMILES string of the molecule is NCCCCC(N)C(=O)NC(CCC(N)=O)C(=O)N1CCCC1C(=O)NC(CCC(=O)O)C(=O)O. The van der Waals surface area contributed by atoms with E-state index in [0.717, 1.165) is 0 Å². The van der Waals surface area contributed by atoms with Gasteiger partial charge in [-0.3, -0.25) is 24.0 Å². The molecule has 4 unspecified atom stereocenters. The number of nitrogens with two attached hydrogens (primary N) is 3. The fourth-order valence-corrected chi connectivity index (χ4v) is 3.76. The second-order valence-corrected chi connectivity index (χ2v) is 8.48. The van der Waals surface area contributed by atoms with E-state index >= 15 is 0 Å². The molecule has 4 amide bonds. The maximum atomic E-state index is 13.3. The van der Waals surface area contributed by atoms with Crippen LogP contribution in [0.4, 0.5) is 0 Å². The molecule has 1 aliphatic heterocycles. The Labute approximate surface area is 202 Å². The molecule has 0 aromatic carbocycles. The number of unbranched alkanes of at least 4 members (excludes halogenated alkanes) is 1. The van der Waals surface area contributed by atoms with Gasteiger partial charge in [-0.15, -0.1) is 0 Å². The van der Waals surface area contributed by atoms with Crippen LogP contribution in [-0.2, 0) is 28.8 Å². The van der Waals surface area contributed by atoms with Crippen molar-refractivity contribution in [2.45, 2.75) is 82.0 Å². The highest BCUT2D eigenvalue weighted by molar-refractivity contribution is 5.94. The molecule has 1 heterocycles. The number of aliphatic carboxylic acids is 2. The summed E-state index contributed by atoms with van der Waals surface area (Å²) in [6, 6.07) is -4.51. The molecule has 0 radical (unpaired) electrons. The van der Waals surface area contributed by atoms with Gasteiger partial charge < -0.3 is 42.9 Å². The van der Waals surface area contributed by atoms with Crippen molar-refractivity contribution in [2.24, 2.45) is 17.2 Å². The van der Waals surface area contributed by atoms with Crippen LogP contribution in [0.1, 0.15) is 57.8 Å². The molecule has 0 aromatic heterocycles. The number of amides is 4. The van der Waals surface area contributed by atoms with Crippen LogP contribution in [0.5, 0.6) is 0 Å². The number of hydrogen-bond acceptors (Lipinski definition) is 8. The fraction of sp³-hybridized carbons (Fsp3) is 0.714. The van der Waals surface area contributed by atoms with E-state index in [1.54, 1.807) is 0 Å². The minimum atomic E-state index is -1.44. The van der Waals surface area contributed by atoms with E-state index in [1.165, 1.54) is 4.90 Å². The zero-order chi connectivity index (χ0) is 26.5. The quantitative estimate of drug-likeness (QED) is 0.111. The van der Waals surface area contributed by atoms with Gasteiger partial charge in [0.25, 0.3) is 0 Å². The van der Waals surface area contributed by atoms with Gasteiger partial charge in [-0.05, 0) is 45.1 Å². The smallest absolute Gasteiger partial charge is 0.326 e. The standard InChI is InChI=1S/C21H36N6O8/c22-10-2-1-4-12(23)18(31)25-13(6-8-16(24)28)20(33)27-11-3-5-15(27)19(32)26-14(21(34)35)7-9-17(29)30/h12-15H,1-11,22-23H2,(H2,24,28)(H,25,31)(H,26,32)(H,29,30)(H,34,35). The average Bonchev–Trinajstić information content (AvgIpc) is 3.28. The third kappa shape index (κ3) is 10.3. The number of hydrogen-bond donors (Lipinski definition) is 7. The molecule has 198 valence electrons. The predicted octanol–water partition coefficient (Wildman–Crippen LogP) is -2.38. The predicted molar refractivity (Wildman–Crippen MR) is 122 cm³/mol. The van der Waals surface area contributed by atoms with Crippen LogP contribution in [-0.4, -0.2) is 87.9 Å². The molecule has 0 spiro atoms. The van der Waals surface area contributed by atoms with Crippen molar-refractivity contribution in [1.82, 2.24) is 15.5 Å². The number of carbonyl (C=O) groups is 6. The fourth-order valence-electron chi connectivity index (χ4n) is 3.76. The number of rotatable bonds is 16. The number of primary amides is 1. The van der Waals surface area contributed by atoms with Crippen LogP contribution in [0, 0.1) is 0 Å². The molecule has 1 rings (SSSR count). The highest BCUT2D eigenvalue weighted by atomic mass is 16.4. The maximum Gasteiger partial charge on any atom is 0.326 e. The van der Waals surface area contributed by atoms with Crippen molar-refractivity contribution in [3.63, 3.8) is 0 Å². The molecule has 0 saturated carbocycles. The number of nitrogens with one attached hydrogen (secondary N) is 2. The summed E-state index contributed by atoms with van der Waals surface area (Å²) < 4.78 is 0. The minimum absolute atomic E-state index is 0.101. The summed E-state index contributed by atoms with van der Waals surface area (Å²) in [5, 5.41) is 22.9. The highest BCUT2D eigenvalue weighted by Gasteiger charge is 2.39. The topological polar surface area (TPSA) is 248 Å². The van der Waals surface area contributed by atoms with E-state index in [0.29, 0.717) is 32.2 Å². The molecule has 1 fully saturated rings. The molecule has 0 bridgehead atoms. The summed E-state index contributed by atoms with van der Waals surface area (Å²) in [5.41, 5.74) is 16.5. The van der Waals surface area contributed by atoms with Gasteiger partial charge in [0.1, 0.15) is 18.1 Å². The molecule has 10 N–H and O–H groups in total. The van der Waals surface area contributed by atoms with E-state index in [9.17, 15) is 33.9 Å². The Balaban J connectivity index is 2.92. The van der Waals surface area contributed by atoms with E-state index in [1.807, 2.05) is 0 Å². The van der Waals surface area contributed by atoms with Crippen molar-refractivity contribution < 1.29 is 39.0 Å². The normalized spacial score (nSPS) is 17.8. The third-order valence-electron chi connectivity index (χ3n) is 5.70. The third-order valence-corrected chi connectivity index (χ3v) is 5.70. The van der Waals surface area contributed by atoms with E-state index in [2.05, 4.69) is 10.6 Å². The van der Waals surface area contributed by atoms with Crippen LogP contribution < -0.4 is 27.8 Å². The van der Waals surface area contributed by atoms with Crippen molar-refractivity contribution in [3.05, 3.63) is 0 Å². The molecular formula is C21H36N6O8. The first kappa shape index (κ1) is 29.8. The minimum Gasteiger partial charge on any atom is -0.481 e. The van der Waals surface area contributed by atoms with E-state index < -0.39 is 66.2 Å². The first-order valence-corrected chi connectivity index (χ1v) is 11.6. The first-order chi connectivity index (χ1) is 16.5. The lowest BCUT2D eigenvalue weighted by molar-refractivity contribution is -0.145. The largest absolute Gasteiger partial charge is 0.481 e. The number of carboxylic acid groups (broad SMARTS) is 2.